The number of ether oxygens (including phenoxy) is 1. The minimum atomic E-state index is -0.445. The Hall–Kier alpha value is -3.07. The summed E-state index contributed by atoms with van der Waals surface area (Å²) in [6.45, 7) is 15.0. The van der Waals surface area contributed by atoms with E-state index in [1.165, 1.54) is 16.7 Å². The van der Waals surface area contributed by atoms with Crippen LogP contribution >= 0.6 is 0 Å². The largest absolute Gasteiger partial charge is 0.482 e. The summed E-state index contributed by atoms with van der Waals surface area (Å²) in [5.41, 5.74) is 7.91. The number of allylic oxidation sites excluding steroid dienone is 2. The van der Waals surface area contributed by atoms with Crippen molar-refractivity contribution >= 4 is 22.6 Å². The summed E-state index contributed by atoms with van der Waals surface area (Å²) in [6.07, 6.45) is 6.64. The third kappa shape index (κ3) is 3.36. The smallest absolute Gasteiger partial charge is 0.336 e. The molecule has 175 valence electrons. The van der Waals surface area contributed by atoms with E-state index in [1.807, 2.05) is 44.2 Å². The predicted octanol–water partition coefficient (Wildman–Crippen LogP) is 8.03. The van der Waals surface area contributed by atoms with Crippen molar-refractivity contribution in [3.63, 3.8) is 0 Å². The van der Waals surface area contributed by atoms with Gasteiger partial charge in [-0.15, -0.1) is 0 Å². The molecule has 6 rings (SSSR count). The van der Waals surface area contributed by atoms with E-state index in [9.17, 15) is 4.79 Å². The Kier molecular flexibility index (Phi) is 5.35. The summed E-state index contributed by atoms with van der Waals surface area (Å²) >= 11 is 0. The fraction of sp³-hybridized carbons (Fsp3) is 0.355. The van der Waals surface area contributed by atoms with Crippen molar-refractivity contribution in [2.24, 2.45) is 11.8 Å². The van der Waals surface area contributed by atoms with Crippen molar-refractivity contribution in [2.45, 2.75) is 60.0 Å². The first-order valence-electron chi connectivity index (χ1n) is 12.5. The topological polar surface area (TPSA) is 39.4 Å². The van der Waals surface area contributed by atoms with Crippen LogP contribution in [0.1, 0.15) is 71.1 Å². The maximum absolute atomic E-state index is 12.8. The second-order valence-corrected chi connectivity index (χ2v) is 10.1. The lowest BCUT2D eigenvalue weighted by Gasteiger charge is -2.33. The molecule has 2 aliphatic carbocycles. The Bertz CT molecular complexity index is 1400. The van der Waals surface area contributed by atoms with E-state index in [0.29, 0.717) is 17.4 Å². The van der Waals surface area contributed by atoms with E-state index in [2.05, 4.69) is 53.2 Å². The normalized spacial score (nSPS) is 23.7. The van der Waals surface area contributed by atoms with Gasteiger partial charge in [0.2, 0.25) is 0 Å². The van der Waals surface area contributed by atoms with E-state index >= 15 is 0 Å². The number of hydrogen-bond donors (Lipinski definition) is 0. The van der Waals surface area contributed by atoms with Gasteiger partial charge in [-0.3, -0.25) is 0 Å². The van der Waals surface area contributed by atoms with E-state index in [1.54, 1.807) is 6.07 Å². The van der Waals surface area contributed by atoms with Gasteiger partial charge in [-0.1, -0.05) is 76.6 Å². The van der Waals surface area contributed by atoms with Gasteiger partial charge in [0.1, 0.15) is 16.9 Å². The zero-order valence-corrected chi connectivity index (χ0v) is 21.2. The summed E-state index contributed by atoms with van der Waals surface area (Å²) in [5, 5.41) is 0.901. The lowest BCUT2D eigenvalue weighted by Crippen LogP contribution is -2.28. The van der Waals surface area contributed by atoms with Crippen LogP contribution in [0, 0.1) is 18.3 Å². The highest BCUT2D eigenvalue weighted by Gasteiger charge is 2.43. The quantitative estimate of drug-likeness (QED) is 0.350. The van der Waals surface area contributed by atoms with Crippen LogP contribution in [0.4, 0.5) is 0 Å². The van der Waals surface area contributed by atoms with Gasteiger partial charge in [0.25, 0.3) is 0 Å². The van der Waals surface area contributed by atoms with Crippen molar-refractivity contribution in [3.05, 3.63) is 81.6 Å². The number of fused-ring (bicyclic) bond motifs is 7. The predicted molar refractivity (Wildman–Crippen MR) is 141 cm³/mol. The highest BCUT2D eigenvalue weighted by atomic mass is 16.5. The second-order valence-electron chi connectivity index (χ2n) is 10.1. The van der Waals surface area contributed by atoms with Crippen LogP contribution in [0.2, 0.25) is 0 Å². The minimum absolute atomic E-state index is 0.242. The molecule has 1 radical (unpaired) electrons. The van der Waals surface area contributed by atoms with Crippen LogP contribution in [-0.4, -0.2) is 5.60 Å². The first-order chi connectivity index (χ1) is 16.3. The molecule has 3 aromatic rings. The average molecular weight is 454 g/mol. The minimum Gasteiger partial charge on any atom is -0.482 e. The molecule has 3 nitrogen and oxygen atoms in total. The first-order valence-corrected chi connectivity index (χ1v) is 12.5. The lowest BCUT2D eigenvalue weighted by atomic mass is 9.77. The molecule has 34 heavy (non-hydrogen) atoms. The highest BCUT2D eigenvalue weighted by molar-refractivity contribution is 6.09. The Morgan fingerprint density at radius 1 is 0.971 bits per heavy atom. The summed E-state index contributed by atoms with van der Waals surface area (Å²) in [7, 11) is 0. The molecule has 3 atom stereocenters. The summed E-state index contributed by atoms with van der Waals surface area (Å²) in [4.78, 5) is 12.8. The van der Waals surface area contributed by atoms with Gasteiger partial charge in [-0.25, -0.2) is 4.79 Å². The van der Waals surface area contributed by atoms with Crippen LogP contribution < -0.4 is 10.4 Å². The van der Waals surface area contributed by atoms with Crippen LogP contribution in [0.5, 0.6) is 5.75 Å². The van der Waals surface area contributed by atoms with Crippen molar-refractivity contribution in [1.29, 1.82) is 0 Å². The Balaban J connectivity index is 0.00000117. The summed E-state index contributed by atoms with van der Waals surface area (Å²) in [5.74, 6) is 1.95. The molecule has 3 heteroatoms. The van der Waals surface area contributed by atoms with E-state index in [-0.39, 0.29) is 11.5 Å². The summed E-state index contributed by atoms with van der Waals surface area (Å²) < 4.78 is 12.6. The van der Waals surface area contributed by atoms with Gasteiger partial charge >= 0.3 is 5.63 Å². The molecule has 0 saturated carbocycles. The highest BCUT2D eigenvalue weighted by Crippen LogP contribution is 2.59. The van der Waals surface area contributed by atoms with E-state index < -0.39 is 5.60 Å². The summed E-state index contributed by atoms with van der Waals surface area (Å²) in [6, 6.07) is 11.7. The first kappa shape index (κ1) is 22.7. The maximum atomic E-state index is 12.8. The molecule has 2 heterocycles. The van der Waals surface area contributed by atoms with Crippen LogP contribution in [0.3, 0.4) is 0 Å². The van der Waals surface area contributed by atoms with Gasteiger partial charge in [0.05, 0.1) is 5.39 Å². The number of rotatable bonds is 1. The average Bonchev–Trinajstić information content (AvgIpc) is 3.63. The second kappa shape index (κ2) is 8.01. The molecule has 1 aliphatic heterocycles. The van der Waals surface area contributed by atoms with Crippen molar-refractivity contribution in [1.82, 2.24) is 0 Å². The molecule has 2 aromatic carbocycles. The van der Waals surface area contributed by atoms with Crippen LogP contribution in [0.15, 0.2) is 57.3 Å². The molecule has 0 N–H and O–H groups in total. The molecular weight excluding hydrogens is 420 g/mol. The van der Waals surface area contributed by atoms with Crippen molar-refractivity contribution in [2.75, 3.05) is 0 Å². The zero-order chi connectivity index (χ0) is 24.4. The standard InChI is InChI=1S/C29H27O3.C2H6/c1-15-16(2)20-13-22(20)25-19-11-12-29(4,5)32-27(19)26-21(18-9-7-6-8-10-18)14-23(30)31-28(26)24(25)17(15)3;1-2/h6-17H,1-5H3;1-2H3/t15-,16+,17+;/m0./s1. The lowest BCUT2D eigenvalue weighted by molar-refractivity contribution is 0.161. The fourth-order valence-corrected chi connectivity index (χ4v) is 5.52. The monoisotopic (exact) mass is 453 g/mol. The van der Waals surface area contributed by atoms with Crippen LogP contribution in [-0.2, 0) is 0 Å². The fourth-order valence-electron chi connectivity index (χ4n) is 5.52. The Labute approximate surface area is 202 Å². The number of benzene rings is 2. The van der Waals surface area contributed by atoms with Gasteiger partial charge < -0.3 is 9.15 Å². The van der Waals surface area contributed by atoms with Gasteiger partial charge in [-0.05, 0) is 54.4 Å². The molecule has 0 unspecified atom stereocenters. The van der Waals surface area contributed by atoms with Crippen molar-refractivity contribution in [3.8, 4) is 16.9 Å². The van der Waals surface area contributed by atoms with E-state index in [4.69, 9.17) is 9.15 Å². The molecule has 0 fully saturated rings. The molecule has 0 amide bonds. The van der Waals surface area contributed by atoms with Gasteiger partial charge in [-0.2, -0.15) is 0 Å². The SMILES string of the molecule is CC.C[C@H]1[C@@H](C)C2=C([CH]2)c2c3c(c4c(-c5ccccc5)cc(=O)oc4c2[C@@H]1C)OC(C)(C)C=C3. The molecular formula is C31H33O3. The van der Waals surface area contributed by atoms with E-state index in [0.717, 1.165) is 33.4 Å². The Morgan fingerprint density at radius 3 is 2.38 bits per heavy atom. The van der Waals surface area contributed by atoms with Gasteiger partial charge in [0, 0.05) is 29.2 Å². The molecule has 0 bridgehead atoms. The molecule has 1 aromatic heterocycles. The third-order valence-electron chi connectivity index (χ3n) is 7.64. The number of hydrogen-bond acceptors (Lipinski definition) is 3. The van der Waals surface area contributed by atoms with Crippen molar-refractivity contribution < 1.29 is 9.15 Å². The zero-order valence-electron chi connectivity index (χ0n) is 21.2. The molecule has 0 spiro atoms. The van der Waals surface area contributed by atoms with Crippen LogP contribution in [0.25, 0.3) is 33.7 Å². The molecule has 3 aliphatic rings. The third-order valence-corrected chi connectivity index (χ3v) is 7.64. The molecule has 0 saturated heterocycles. The van der Waals surface area contributed by atoms with Gasteiger partial charge in [0.15, 0.2) is 0 Å². The maximum Gasteiger partial charge on any atom is 0.336 e. The Morgan fingerprint density at radius 2 is 1.68 bits per heavy atom.